The number of thioether (sulfide) groups is 1. The van der Waals surface area contributed by atoms with E-state index in [1.54, 1.807) is 5.38 Å². The summed E-state index contributed by atoms with van der Waals surface area (Å²) in [7, 11) is 1.31. The van der Waals surface area contributed by atoms with Crippen molar-refractivity contribution < 1.29 is 14.3 Å². The van der Waals surface area contributed by atoms with Gasteiger partial charge in [0.1, 0.15) is 0 Å². The standard InChI is InChI=1S/C14H19N5O4S2/c1-3-4-5-19-13(22)17-18-14(19)25-8-10(20)16-12-15-9(7-24-12)6-11(21)23-2/h7H,3-6,8H2,1-2H3,(H,17,22)(H,15,16,20). The number of hydrogen-bond donors (Lipinski definition) is 2. The first-order chi connectivity index (χ1) is 12.0. The Labute approximate surface area is 152 Å². The van der Waals surface area contributed by atoms with Crippen LogP contribution in [0, 0.1) is 0 Å². The number of carbonyl (C=O) groups excluding carboxylic acids is 2. The molecule has 25 heavy (non-hydrogen) atoms. The number of H-pyrrole nitrogens is 1. The molecule has 0 saturated heterocycles. The fraction of sp³-hybridized carbons (Fsp3) is 0.500. The first-order valence-corrected chi connectivity index (χ1v) is 9.49. The predicted octanol–water partition coefficient (Wildman–Crippen LogP) is 1.27. The van der Waals surface area contributed by atoms with Crippen molar-refractivity contribution >= 4 is 40.1 Å². The molecule has 2 N–H and O–H groups in total. The SMILES string of the molecule is CCCCn1c(SCC(=O)Nc2nc(CC(=O)OC)cs2)n[nH]c1=O. The molecule has 0 aliphatic rings. The van der Waals surface area contributed by atoms with Gasteiger partial charge in [-0.15, -0.1) is 16.4 Å². The highest BCUT2D eigenvalue weighted by Crippen LogP contribution is 2.18. The van der Waals surface area contributed by atoms with Crippen molar-refractivity contribution in [3.63, 3.8) is 0 Å². The zero-order valence-corrected chi connectivity index (χ0v) is 15.5. The Morgan fingerprint density at radius 2 is 2.28 bits per heavy atom. The lowest BCUT2D eigenvalue weighted by atomic mass is 10.3. The molecule has 0 unspecified atom stereocenters. The third-order valence-electron chi connectivity index (χ3n) is 3.14. The van der Waals surface area contributed by atoms with E-state index in [0.717, 1.165) is 12.8 Å². The normalized spacial score (nSPS) is 10.6. The molecular weight excluding hydrogens is 366 g/mol. The predicted molar refractivity (Wildman–Crippen MR) is 94.9 cm³/mol. The third kappa shape index (κ3) is 5.71. The smallest absolute Gasteiger partial charge is 0.343 e. The Bertz CT molecular complexity index is 782. The van der Waals surface area contributed by atoms with Crippen molar-refractivity contribution in [2.45, 2.75) is 37.9 Å². The molecule has 0 atom stereocenters. The Morgan fingerprint density at radius 1 is 1.48 bits per heavy atom. The van der Waals surface area contributed by atoms with Crippen LogP contribution in [0.3, 0.4) is 0 Å². The molecule has 0 fully saturated rings. The van der Waals surface area contributed by atoms with E-state index in [0.29, 0.717) is 22.5 Å². The molecule has 136 valence electrons. The fourth-order valence-corrected chi connectivity index (χ4v) is 3.38. The number of carbonyl (C=O) groups is 2. The molecule has 0 radical (unpaired) electrons. The second kappa shape index (κ2) is 9.37. The summed E-state index contributed by atoms with van der Waals surface area (Å²) in [4.78, 5) is 39.1. The van der Waals surface area contributed by atoms with E-state index in [1.165, 1.54) is 34.8 Å². The van der Waals surface area contributed by atoms with Crippen LogP contribution in [0.15, 0.2) is 15.3 Å². The number of nitrogens with one attached hydrogen (secondary N) is 2. The lowest BCUT2D eigenvalue weighted by molar-refractivity contribution is -0.139. The largest absolute Gasteiger partial charge is 0.469 e. The molecule has 0 aliphatic carbocycles. The zero-order valence-electron chi connectivity index (χ0n) is 13.9. The molecule has 11 heteroatoms. The van der Waals surface area contributed by atoms with E-state index >= 15 is 0 Å². The van der Waals surface area contributed by atoms with Gasteiger partial charge in [-0.1, -0.05) is 25.1 Å². The van der Waals surface area contributed by atoms with E-state index in [4.69, 9.17) is 0 Å². The average Bonchev–Trinajstić information content (AvgIpc) is 3.17. The number of ether oxygens (including phenoxy) is 1. The van der Waals surface area contributed by atoms with Crippen LogP contribution in [0.1, 0.15) is 25.5 Å². The highest BCUT2D eigenvalue weighted by molar-refractivity contribution is 7.99. The van der Waals surface area contributed by atoms with Crippen LogP contribution in [0.4, 0.5) is 5.13 Å². The average molecular weight is 385 g/mol. The van der Waals surface area contributed by atoms with Crippen molar-refractivity contribution in [1.29, 1.82) is 0 Å². The molecule has 2 heterocycles. The minimum atomic E-state index is -0.387. The van der Waals surface area contributed by atoms with Crippen molar-refractivity contribution in [3.05, 3.63) is 21.6 Å². The zero-order chi connectivity index (χ0) is 18.2. The molecular formula is C14H19N5O4S2. The highest BCUT2D eigenvalue weighted by atomic mass is 32.2. The number of anilines is 1. The van der Waals surface area contributed by atoms with Gasteiger partial charge in [0.05, 0.1) is 25.0 Å². The maximum atomic E-state index is 12.0. The second-order valence-corrected chi connectivity index (χ2v) is 6.85. The Balaban J connectivity index is 1.87. The number of thiazole rings is 1. The van der Waals surface area contributed by atoms with Crippen LogP contribution in [0.2, 0.25) is 0 Å². The number of aromatic amines is 1. The van der Waals surface area contributed by atoms with Gasteiger partial charge in [-0.05, 0) is 6.42 Å². The topological polar surface area (TPSA) is 119 Å². The summed E-state index contributed by atoms with van der Waals surface area (Å²) >= 11 is 2.41. The number of esters is 1. The number of methoxy groups -OCH3 is 1. The minimum Gasteiger partial charge on any atom is -0.469 e. The molecule has 0 spiro atoms. The van der Waals surface area contributed by atoms with Gasteiger partial charge in [-0.3, -0.25) is 14.2 Å². The van der Waals surface area contributed by atoms with Gasteiger partial charge in [0.15, 0.2) is 10.3 Å². The van der Waals surface area contributed by atoms with E-state index in [-0.39, 0.29) is 29.7 Å². The Morgan fingerprint density at radius 3 is 3.00 bits per heavy atom. The lowest BCUT2D eigenvalue weighted by Crippen LogP contribution is -2.19. The van der Waals surface area contributed by atoms with E-state index in [2.05, 4.69) is 25.2 Å². The molecule has 9 nitrogen and oxygen atoms in total. The molecule has 0 saturated carbocycles. The monoisotopic (exact) mass is 385 g/mol. The van der Waals surface area contributed by atoms with Crippen LogP contribution >= 0.6 is 23.1 Å². The lowest BCUT2D eigenvalue weighted by Gasteiger charge is -2.04. The van der Waals surface area contributed by atoms with Crippen LogP contribution in [0.5, 0.6) is 0 Å². The quantitative estimate of drug-likeness (QED) is 0.493. The van der Waals surface area contributed by atoms with Gasteiger partial charge in [0, 0.05) is 11.9 Å². The first kappa shape index (κ1) is 19.2. The van der Waals surface area contributed by atoms with Gasteiger partial charge in [0.25, 0.3) is 0 Å². The number of hydrogen-bond acceptors (Lipinski definition) is 8. The Kier molecular flexibility index (Phi) is 7.19. The minimum absolute atomic E-state index is 0.0641. The van der Waals surface area contributed by atoms with Gasteiger partial charge >= 0.3 is 11.7 Å². The van der Waals surface area contributed by atoms with Gasteiger partial charge in [0.2, 0.25) is 5.91 Å². The summed E-state index contributed by atoms with van der Waals surface area (Å²) in [5, 5.41) is 11.6. The number of nitrogens with zero attached hydrogens (tertiary/aromatic N) is 3. The maximum absolute atomic E-state index is 12.0. The molecule has 0 aliphatic heterocycles. The number of aromatic nitrogens is 4. The number of amides is 1. The first-order valence-electron chi connectivity index (χ1n) is 7.62. The van der Waals surface area contributed by atoms with Crippen LogP contribution in [0.25, 0.3) is 0 Å². The summed E-state index contributed by atoms with van der Waals surface area (Å²) in [6.07, 6.45) is 1.88. The van der Waals surface area contributed by atoms with Gasteiger partial charge < -0.3 is 10.1 Å². The summed E-state index contributed by atoms with van der Waals surface area (Å²) < 4.78 is 6.10. The molecule has 2 aromatic heterocycles. The second-order valence-electron chi connectivity index (χ2n) is 5.05. The molecule has 0 aromatic carbocycles. The van der Waals surface area contributed by atoms with E-state index in [1.807, 2.05) is 6.92 Å². The van der Waals surface area contributed by atoms with Gasteiger partial charge in [-0.25, -0.2) is 14.9 Å². The van der Waals surface area contributed by atoms with E-state index in [9.17, 15) is 14.4 Å². The van der Waals surface area contributed by atoms with Gasteiger partial charge in [-0.2, -0.15) is 0 Å². The van der Waals surface area contributed by atoms with Crippen molar-refractivity contribution in [2.75, 3.05) is 18.2 Å². The number of unbranched alkanes of at least 4 members (excludes halogenated alkanes) is 1. The summed E-state index contributed by atoms with van der Waals surface area (Å²) in [5.41, 5.74) is 0.268. The molecule has 1 amide bonds. The van der Waals surface area contributed by atoms with Crippen LogP contribution in [-0.2, 0) is 27.3 Å². The van der Waals surface area contributed by atoms with Crippen molar-refractivity contribution in [3.8, 4) is 0 Å². The third-order valence-corrected chi connectivity index (χ3v) is 4.93. The number of rotatable bonds is 9. The van der Waals surface area contributed by atoms with Crippen LogP contribution in [-0.4, -0.2) is 44.5 Å². The summed E-state index contributed by atoms with van der Waals surface area (Å²) in [5.74, 6) is -0.550. The van der Waals surface area contributed by atoms with Crippen molar-refractivity contribution in [1.82, 2.24) is 19.7 Å². The molecule has 2 rings (SSSR count). The van der Waals surface area contributed by atoms with Crippen molar-refractivity contribution in [2.24, 2.45) is 0 Å². The maximum Gasteiger partial charge on any atom is 0.343 e. The fourth-order valence-electron chi connectivity index (χ4n) is 1.88. The molecule has 0 bridgehead atoms. The molecule has 2 aromatic rings. The van der Waals surface area contributed by atoms with E-state index < -0.39 is 0 Å². The highest BCUT2D eigenvalue weighted by Gasteiger charge is 2.13. The van der Waals surface area contributed by atoms with Crippen LogP contribution < -0.4 is 11.0 Å². The summed E-state index contributed by atoms with van der Waals surface area (Å²) in [6, 6.07) is 0. The Hall–Kier alpha value is -2.14. The summed E-state index contributed by atoms with van der Waals surface area (Å²) in [6.45, 7) is 2.60.